The molecule has 1 atom stereocenters. The number of hydrogen-bond donors (Lipinski definition) is 1. The van der Waals surface area contributed by atoms with E-state index in [4.69, 9.17) is 23.2 Å². The molecule has 1 fully saturated rings. The highest BCUT2D eigenvalue weighted by Gasteiger charge is 2.35. The molecule has 0 spiro atoms. The van der Waals surface area contributed by atoms with Crippen molar-refractivity contribution in [2.75, 3.05) is 17.1 Å². The van der Waals surface area contributed by atoms with Crippen molar-refractivity contribution in [1.29, 1.82) is 0 Å². The molecule has 1 aliphatic rings. The first-order valence-electron chi connectivity index (χ1n) is 14.6. The van der Waals surface area contributed by atoms with Crippen LogP contribution in [0.3, 0.4) is 0 Å². The molecule has 0 aliphatic heterocycles. The van der Waals surface area contributed by atoms with Crippen LogP contribution in [0.1, 0.15) is 60.5 Å². The Morgan fingerprint density at radius 2 is 1.55 bits per heavy atom. The zero-order valence-electron chi connectivity index (χ0n) is 24.8. The van der Waals surface area contributed by atoms with Gasteiger partial charge < -0.3 is 10.2 Å². The molecule has 0 radical (unpaired) electrons. The molecule has 0 aromatic heterocycles. The average molecular weight is 659 g/mol. The van der Waals surface area contributed by atoms with E-state index in [1.54, 1.807) is 30.3 Å². The predicted molar refractivity (Wildman–Crippen MR) is 175 cm³/mol. The lowest BCUT2D eigenvalue weighted by Crippen LogP contribution is -2.55. The van der Waals surface area contributed by atoms with Crippen molar-refractivity contribution in [3.05, 3.63) is 99.5 Å². The minimum atomic E-state index is -3.98. The summed E-state index contributed by atoms with van der Waals surface area (Å²) in [5.41, 5.74) is 1.73. The minimum Gasteiger partial charge on any atom is -0.352 e. The molecule has 2 amide bonds. The van der Waals surface area contributed by atoms with Crippen LogP contribution >= 0.6 is 23.2 Å². The highest BCUT2D eigenvalue weighted by Crippen LogP contribution is 2.28. The first-order valence-corrected chi connectivity index (χ1v) is 17.2. The van der Waals surface area contributed by atoms with Gasteiger partial charge in [-0.15, -0.1) is 0 Å². The number of anilines is 1. The zero-order chi connectivity index (χ0) is 31.9. The van der Waals surface area contributed by atoms with Gasteiger partial charge in [0.15, 0.2) is 5.78 Å². The molecule has 234 valence electrons. The van der Waals surface area contributed by atoms with Gasteiger partial charge in [0.05, 0.1) is 11.9 Å². The monoisotopic (exact) mass is 657 g/mol. The Labute approximate surface area is 269 Å². The fourth-order valence-electron chi connectivity index (χ4n) is 5.45. The Hall–Kier alpha value is -3.40. The molecule has 0 heterocycles. The maximum absolute atomic E-state index is 14.3. The second kappa shape index (κ2) is 15.1. The van der Waals surface area contributed by atoms with E-state index in [1.807, 2.05) is 30.3 Å². The van der Waals surface area contributed by atoms with Gasteiger partial charge in [0.25, 0.3) is 0 Å². The topological polar surface area (TPSA) is 104 Å². The van der Waals surface area contributed by atoms with Crippen LogP contribution < -0.4 is 9.62 Å². The quantitative estimate of drug-likeness (QED) is 0.239. The maximum atomic E-state index is 14.3. The van der Waals surface area contributed by atoms with Gasteiger partial charge in [-0.1, -0.05) is 91.0 Å². The van der Waals surface area contributed by atoms with E-state index < -0.39 is 28.5 Å². The Bertz CT molecular complexity index is 1570. The van der Waals surface area contributed by atoms with Gasteiger partial charge in [-0.3, -0.25) is 18.7 Å². The Balaban J connectivity index is 1.77. The molecule has 1 N–H and O–H groups in total. The molecule has 0 saturated heterocycles. The van der Waals surface area contributed by atoms with Crippen molar-refractivity contribution in [2.45, 2.75) is 64.1 Å². The van der Waals surface area contributed by atoms with Gasteiger partial charge in [0, 0.05) is 40.2 Å². The normalized spacial score (nSPS) is 14.5. The molecular weight excluding hydrogens is 621 g/mol. The number of nitrogens with zero attached hydrogens (tertiary/aromatic N) is 2. The summed E-state index contributed by atoms with van der Waals surface area (Å²) in [6, 6.07) is 19.4. The van der Waals surface area contributed by atoms with Crippen LogP contribution in [0.25, 0.3) is 0 Å². The van der Waals surface area contributed by atoms with E-state index in [-0.39, 0.29) is 36.4 Å². The second-order valence-corrected chi connectivity index (χ2v) is 13.9. The highest BCUT2D eigenvalue weighted by molar-refractivity contribution is 7.92. The number of rotatable bonds is 12. The van der Waals surface area contributed by atoms with Crippen LogP contribution in [0.4, 0.5) is 5.69 Å². The maximum Gasteiger partial charge on any atom is 0.244 e. The van der Waals surface area contributed by atoms with Gasteiger partial charge >= 0.3 is 0 Å². The molecule has 11 heteroatoms. The van der Waals surface area contributed by atoms with E-state index in [0.29, 0.717) is 21.2 Å². The average Bonchev–Trinajstić information content (AvgIpc) is 2.99. The summed E-state index contributed by atoms with van der Waals surface area (Å²) in [4.78, 5) is 41.8. The number of carbonyl (C=O) groups is 3. The number of amides is 2. The summed E-state index contributed by atoms with van der Waals surface area (Å²) in [5, 5.41) is 3.79. The van der Waals surface area contributed by atoms with Gasteiger partial charge in [0.2, 0.25) is 21.8 Å². The molecule has 1 aliphatic carbocycles. The summed E-state index contributed by atoms with van der Waals surface area (Å²) in [7, 11) is -3.98. The van der Waals surface area contributed by atoms with E-state index in [2.05, 4.69) is 5.32 Å². The molecule has 3 aromatic rings. The number of benzene rings is 3. The van der Waals surface area contributed by atoms with E-state index in [1.165, 1.54) is 24.0 Å². The van der Waals surface area contributed by atoms with Gasteiger partial charge in [-0.2, -0.15) is 0 Å². The number of Topliss-reactive ketones (excluding diaryl/α,β-unsaturated/α-hetero) is 1. The van der Waals surface area contributed by atoms with Crippen LogP contribution in [0.2, 0.25) is 10.0 Å². The third kappa shape index (κ3) is 8.83. The number of nitrogens with one attached hydrogen (secondary N) is 1. The van der Waals surface area contributed by atoms with E-state index in [9.17, 15) is 22.8 Å². The fourth-order valence-corrected chi connectivity index (χ4v) is 6.80. The molecule has 4 rings (SSSR count). The summed E-state index contributed by atoms with van der Waals surface area (Å²) in [6.07, 6.45) is 6.01. The SMILES string of the molecule is CC(=O)c1cccc(N(CC(=O)N(Cc2c(Cl)cccc2Cl)C(Cc2ccccc2)C(=O)NC2CCCCC2)S(C)(=O)=O)c1. The predicted octanol–water partition coefficient (Wildman–Crippen LogP) is 6.05. The third-order valence-corrected chi connectivity index (χ3v) is 9.68. The van der Waals surface area contributed by atoms with Crippen LogP contribution in [0.15, 0.2) is 72.8 Å². The van der Waals surface area contributed by atoms with Crippen molar-refractivity contribution in [3.8, 4) is 0 Å². The molecule has 44 heavy (non-hydrogen) atoms. The Kier molecular flexibility index (Phi) is 11.5. The van der Waals surface area contributed by atoms with Crippen LogP contribution in [-0.2, 0) is 32.6 Å². The summed E-state index contributed by atoms with van der Waals surface area (Å²) in [6.45, 7) is 0.644. The number of halogens is 2. The zero-order valence-corrected chi connectivity index (χ0v) is 27.2. The largest absolute Gasteiger partial charge is 0.352 e. The van der Waals surface area contributed by atoms with Gasteiger partial charge in [0.1, 0.15) is 12.6 Å². The number of hydrogen-bond acceptors (Lipinski definition) is 5. The van der Waals surface area contributed by atoms with Crippen molar-refractivity contribution in [2.24, 2.45) is 0 Å². The van der Waals surface area contributed by atoms with Crippen molar-refractivity contribution >= 4 is 56.5 Å². The first kappa shape index (κ1) is 33.5. The van der Waals surface area contributed by atoms with E-state index in [0.717, 1.165) is 48.2 Å². The molecule has 1 unspecified atom stereocenters. The fraction of sp³-hybridized carbons (Fsp3) is 0.364. The van der Waals surface area contributed by atoms with Crippen LogP contribution in [-0.4, -0.2) is 55.8 Å². The van der Waals surface area contributed by atoms with Crippen molar-refractivity contribution in [3.63, 3.8) is 0 Å². The summed E-state index contributed by atoms with van der Waals surface area (Å²) >= 11 is 13.1. The first-order chi connectivity index (χ1) is 20.9. The summed E-state index contributed by atoms with van der Waals surface area (Å²) in [5.74, 6) is -1.20. The number of carbonyl (C=O) groups excluding carboxylic acids is 3. The minimum absolute atomic E-state index is 0.0165. The lowest BCUT2D eigenvalue weighted by atomic mass is 9.94. The number of ketones is 1. The lowest BCUT2D eigenvalue weighted by molar-refractivity contribution is -0.140. The summed E-state index contributed by atoms with van der Waals surface area (Å²) < 4.78 is 27.0. The standard InChI is InChI=1S/C33H37Cl2N3O5S/c1-23(39)25-13-9-16-27(20-25)38(44(2,42)43)22-32(40)37(21-28-29(34)17-10-18-30(28)35)31(19-24-11-5-3-6-12-24)33(41)36-26-14-7-4-8-15-26/h3,5-6,9-13,16-18,20,26,31H,4,7-8,14-15,19,21-22H2,1-2H3,(H,36,41). The second-order valence-electron chi connectivity index (χ2n) is 11.1. The number of sulfonamides is 1. The molecule has 0 bridgehead atoms. The van der Waals surface area contributed by atoms with Crippen LogP contribution in [0, 0.1) is 0 Å². The van der Waals surface area contributed by atoms with Crippen LogP contribution in [0.5, 0.6) is 0 Å². The third-order valence-electron chi connectivity index (χ3n) is 7.83. The smallest absolute Gasteiger partial charge is 0.244 e. The molecule has 3 aromatic carbocycles. The highest BCUT2D eigenvalue weighted by atomic mass is 35.5. The Morgan fingerprint density at radius 1 is 0.909 bits per heavy atom. The van der Waals surface area contributed by atoms with Gasteiger partial charge in [-0.05, 0) is 49.6 Å². The van der Waals surface area contributed by atoms with Crippen molar-refractivity contribution < 1.29 is 22.8 Å². The molecule has 8 nitrogen and oxygen atoms in total. The lowest BCUT2D eigenvalue weighted by Gasteiger charge is -2.35. The van der Waals surface area contributed by atoms with Gasteiger partial charge in [-0.25, -0.2) is 8.42 Å². The molecular formula is C33H37Cl2N3O5S. The van der Waals surface area contributed by atoms with Crippen molar-refractivity contribution in [1.82, 2.24) is 10.2 Å². The molecule has 1 saturated carbocycles. The van der Waals surface area contributed by atoms with E-state index >= 15 is 0 Å². The Morgan fingerprint density at radius 3 is 2.16 bits per heavy atom.